The number of fused-ring (bicyclic) bond motifs is 2. The summed E-state index contributed by atoms with van der Waals surface area (Å²) in [6.45, 7) is 8.43. The maximum Gasteiger partial charge on any atom is 0.256 e. The van der Waals surface area contributed by atoms with Gasteiger partial charge in [0.2, 0.25) is 0 Å². The van der Waals surface area contributed by atoms with Gasteiger partial charge in [0.1, 0.15) is 17.3 Å². The van der Waals surface area contributed by atoms with Crippen molar-refractivity contribution in [2.24, 2.45) is 0 Å². The van der Waals surface area contributed by atoms with Gasteiger partial charge in [0.25, 0.3) is 11.6 Å². The number of nitrogens with zero attached hydrogens (tertiary/aromatic N) is 4. The molecule has 0 aliphatic carbocycles. The number of rotatable bonds is 3. The van der Waals surface area contributed by atoms with Crippen molar-refractivity contribution in [3.05, 3.63) is 93.9 Å². The monoisotopic (exact) mass is 484 g/mol. The molecule has 2 aromatic heterocycles. The zero-order valence-electron chi connectivity index (χ0n) is 16.8. The van der Waals surface area contributed by atoms with E-state index in [0.29, 0.717) is 35.1 Å². The predicted molar refractivity (Wildman–Crippen MR) is 127 cm³/mol. The summed E-state index contributed by atoms with van der Waals surface area (Å²) in [5, 5.41) is 10.9. The van der Waals surface area contributed by atoms with Crippen LogP contribution in [0.5, 0.6) is 0 Å². The SMILES string of the molecule is [C-]#[N+]c1c(-c2ccc(C(=O)Nc3ccccn3)cc2)nn2c1Nc1ccc(Br)cc1CC2. The average Bonchev–Trinajstić information content (AvgIpc) is 3.07. The van der Waals surface area contributed by atoms with Crippen molar-refractivity contribution in [2.45, 2.75) is 13.0 Å². The Labute approximate surface area is 193 Å². The van der Waals surface area contributed by atoms with Gasteiger partial charge in [-0.2, -0.15) is 5.10 Å². The fraction of sp³-hybridized carbons (Fsp3) is 0.0833. The fourth-order valence-electron chi connectivity index (χ4n) is 3.69. The van der Waals surface area contributed by atoms with Gasteiger partial charge < -0.3 is 10.6 Å². The van der Waals surface area contributed by atoms with Crippen LogP contribution in [0, 0.1) is 6.57 Å². The molecular formula is C24H17BrN6O. The van der Waals surface area contributed by atoms with Crippen molar-refractivity contribution in [3.63, 3.8) is 0 Å². The van der Waals surface area contributed by atoms with Gasteiger partial charge in [0.15, 0.2) is 0 Å². The Balaban J connectivity index is 1.44. The summed E-state index contributed by atoms with van der Waals surface area (Å²) in [6.07, 6.45) is 2.43. The van der Waals surface area contributed by atoms with Crippen molar-refractivity contribution in [1.29, 1.82) is 0 Å². The molecule has 156 valence electrons. The van der Waals surface area contributed by atoms with Gasteiger partial charge >= 0.3 is 0 Å². The van der Waals surface area contributed by atoms with E-state index in [-0.39, 0.29) is 5.91 Å². The number of halogens is 1. The third-order valence-corrected chi connectivity index (χ3v) is 5.77. The van der Waals surface area contributed by atoms with E-state index < -0.39 is 0 Å². The molecule has 0 fully saturated rings. The molecule has 0 spiro atoms. The van der Waals surface area contributed by atoms with E-state index in [2.05, 4.69) is 42.5 Å². The molecule has 5 rings (SSSR count). The van der Waals surface area contributed by atoms with Gasteiger partial charge in [-0.1, -0.05) is 34.1 Å². The lowest BCUT2D eigenvalue weighted by molar-refractivity contribution is 0.102. The molecule has 0 radical (unpaired) electrons. The largest absolute Gasteiger partial charge is 0.349 e. The Bertz CT molecular complexity index is 1360. The summed E-state index contributed by atoms with van der Waals surface area (Å²) in [6, 6.07) is 18.5. The number of benzene rings is 2. The molecule has 0 saturated heterocycles. The maximum atomic E-state index is 12.5. The van der Waals surface area contributed by atoms with E-state index in [9.17, 15) is 4.79 Å². The molecule has 2 N–H and O–H groups in total. The summed E-state index contributed by atoms with van der Waals surface area (Å²) >= 11 is 3.52. The highest BCUT2D eigenvalue weighted by Gasteiger charge is 2.23. The zero-order chi connectivity index (χ0) is 22.1. The fourth-order valence-corrected chi connectivity index (χ4v) is 4.10. The van der Waals surface area contributed by atoms with Gasteiger partial charge in [-0.3, -0.25) is 9.48 Å². The Hall–Kier alpha value is -3.96. The smallest absolute Gasteiger partial charge is 0.256 e. The highest BCUT2D eigenvalue weighted by molar-refractivity contribution is 9.10. The lowest BCUT2D eigenvalue weighted by Crippen LogP contribution is -2.12. The molecule has 2 aromatic carbocycles. The van der Waals surface area contributed by atoms with Gasteiger partial charge in [-0.25, -0.2) is 9.83 Å². The minimum absolute atomic E-state index is 0.245. The van der Waals surface area contributed by atoms with Crippen LogP contribution in [-0.4, -0.2) is 20.7 Å². The zero-order valence-corrected chi connectivity index (χ0v) is 18.4. The number of hydrogen-bond donors (Lipinski definition) is 2. The van der Waals surface area contributed by atoms with Crippen LogP contribution in [0.3, 0.4) is 0 Å². The molecule has 0 atom stereocenters. The predicted octanol–water partition coefficient (Wildman–Crippen LogP) is 5.81. The van der Waals surface area contributed by atoms with Crippen molar-refractivity contribution in [2.75, 3.05) is 10.6 Å². The first-order chi connectivity index (χ1) is 15.6. The molecule has 0 saturated carbocycles. The highest BCUT2D eigenvalue weighted by Crippen LogP contribution is 2.40. The molecule has 1 aliphatic rings. The molecule has 1 amide bonds. The summed E-state index contributed by atoms with van der Waals surface area (Å²) in [5.74, 6) is 0.937. The summed E-state index contributed by atoms with van der Waals surface area (Å²) in [7, 11) is 0. The Morgan fingerprint density at radius 3 is 2.75 bits per heavy atom. The summed E-state index contributed by atoms with van der Waals surface area (Å²) < 4.78 is 2.87. The number of nitrogens with one attached hydrogen (secondary N) is 2. The second-order valence-corrected chi connectivity index (χ2v) is 8.22. The number of anilines is 3. The van der Waals surface area contributed by atoms with Crippen LogP contribution in [0.2, 0.25) is 0 Å². The number of hydrogen-bond acceptors (Lipinski definition) is 4. The van der Waals surface area contributed by atoms with Crippen LogP contribution in [0.4, 0.5) is 23.0 Å². The molecule has 1 aliphatic heterocycles. The molecular weight excluding hydrogens is 468 g/mol. The van der Waals surface area contributed by atoms with Gasteiger partial charge in [-0.15, -0.1) is 0 Å². The average molecular weight is 485 g/mol. The van der Waals surface area contributed by atoms with E-state index in [1.807, 2.05) is 35.0 Å². The van der Waals surface area contributed by atoms with E-state index >= 15 is 0 Å². The van der Waals surface area contributed by atoms with Crippen molar-refractivity contribution in [1.82, 2.24) is 14.8 Å². The van der Waals surface area contributed by atoms with Crippen LogP contribution in [0.25, 0.3) is 16.1 Å². The van der Waals surface area contributed by atoms with Gasteiger partial charge in [0, 0.05) is 28.5 Å². The molecule has 8 heteroatoms. The molecule has 4 aromatic rings. The van der Waals surface area contributed by atoms with E-state index in [1.54, 1.807) is 30.5 Å². The van der Waals surface area contributed by atoms with Crippen LogP contribution in [0.1, 0.15) is 15.9 Å². The van der Waals surface area contributed by atoms with Gasteiger partial charge in [0.05, 0.1) is 6.57 Å². The van der Waals surface area contributed by atoms with Crippen molar-refractivity contribution in [3.8, 4) is 11.3 Å². The first kappa shape index (κ1) is 20.0. The van der Waals surface area contributed by atoms with E-state index in [0.717, 1.165) is 22.1 Å². The standard InChI is InChI=1S/C24H17BrN6O/c1-26-22-21(30-31-13-11-17-14-18(25)9-10-19(17)28-23(22)31)15-5-7-16(8-6-15)24(32)29-20-4-2-3-12-27-20/h2-10,12,14,28H,11,13H2,(H,27,29,32). The third-order valence-electron chi connectivity index (χ3n) is 5.28. The van der Waals surface area contributed by atoms with E-state index in [4.69, 9.17) is 11.7 Å². The molecule has 7 nitrogen and oxygen atoms in total. The summed E-state index contributed by atoms with van der Waals surface area (Å²) in [5.41, 5.74) is 4.49. The number of carbonyl (C=O) groups excluding carboxylic acids is 1. The summed E-state index contributed by atoms with van der Waals surface area (Å²) in [4.78, 5) is 20.4. The number of carbonyl (C=O) groups is 1. The Morgan fingerprint density at radius 1 is 1.16 bits per heavy atom. The van der Waals surface area contributed by atoms with Crippen molar-refractivity contribution >= 4 is 44.8 Å². The Morgan fingerprint density at radius 2 is 2.00 bits per heavy atom. The van der Waals surface area contributed by atoms with Gasteiger partial charge in [-0.05, 0) is 60.0 Å². The lowest BCUT2D eigenvalue weighted by atomic mass is 10.1. The lowest BCUT2D eigenvalue weighted by Gasteiger charge is -2.08. The molecule has 32 heavy (non-hydrogen) atoms. The highest BCUT2D eigenvalue weighted by atomic mass is 79.9. The number of amides is 1. The number of pyridine rings is 1. The molecule has 0 unspecified atom stereocenters. The number of aromatic nitrogens is 3. The number of aryl methyl sites for hydroxylation is 2. The first-order valence-electron chi connectivity index (χ1n) is 9.99. The topological polar surface area (TPSA) is 76.2 Å². The minimum Gasteiger partial charge on any atom is -0.349 e. The van der Waals surface area contributed by atoms with Crippen LogP contribution in [-0.2, 0) is 13.0 Å². The Kier molecular flexibility index (Phi) is 5.17. The van der Waals surface area contributed by atoms with Crippen LogP contribution >= 0.6 is 15.9 Å². The third kappa shape index (κ3) is 3.74. The quantitative estimate of drug-likeness (QED) is 0.359. The molecule has 0 bridgehead atoms. The first-order valence-corrected chi connectivity index (χ1v) is 10.8. The van der Waals surface area contributed by atoms with Crippen LogP contribution < -0.4 is 10.6 Å². The second-order valence-electron chi connectivity index (χ2n) is 7.30. The minimum atomic E-state index is -0.245. The van der Waals surface area contributed by atoms with E-state index in [1.165, 1.54) is 5.56 Å². The maximum absolute atomic E-state index is 12.5. The normalized spacial score (nSPS) is 12.0. The van der Waals surface area contributed by atoms with Crippen molar-refractivity contribution < 1.29 is 4.79 Å². The second kappa shape index (κ2) is 8.29. The molecule has 3 heterocycles. The van der Waals surface area contributed by atoms with Crippen LogP contribution in [0.15, 0.2) is 71.3 Å².